The van der Waals surface area contributed by atoms with Crippen molar-refractivity contribution in [1.29, 1.82) is 0 Å². The van der Waals surface area contributed by atoms with Gasteiger partial charge in [0, 0.05) is 14.4 Å². The second-order valence-corrected chi connectivity index (χ2v) is 11.5. The van der Waals surface area contributed by atoms with Crippen molar-refractivity contribution in [2.75, 3.05) is 0 Å². The minimum atomic E-state index is -2.39. The molecule has 0 N–H and O–H groups in total. The van der Waals surface area contributed by atoms with Crippen molar-refractivity contribution in [2.24, 2.45) is 0 Å². The van der Waals surface area contributed by atoms with Gasteiger partial charge in [0.1, 0.15) is 0 Å². The lowest BCUT2D eigenvalue weighted by molar-refractivity contribution is 0.640. The Morgan fingerprint density at radius 2 is 1.21 bits per heavy atom. The predicted octanol–water partition coefficient (Wildman–Crippen LogP) is 6.46. The summed E-state index contributed by atoms with van der Waals surface area (Å²) in [6, 6.07) is 8.17. The van der Waals surface area contributed by atoms with Crippen LogP contribution in [0, 0.1) is 0 Å². The Balaban J connectivity index is 3.36. The van der Waals surface area contributed by atoms with E-state index in [9.17, 15) is 0 Å². The highest BCUT2D eigenvalue weighted by atomic mass is 32.3. The number of rotatable bonds is 2. The first-order chi connectivity index (χ1) is 8.41. The molecular formula is C17H29FS. The van der Waals surface area contributed by atoms with Crippen molar-refractivity contribution < 1.29 is 3.89 Å². The second kappa shape index (κ2) is 5.12. The van der Waals surface area contributed by atoms with Gasteiger partial charge in [-0.3, -0.25) is 0 Å². The van der Waals surface area contributed by atoms with E-state index in [-0.39, 0.29) is 9.49 Å². The summed E-state index contributed by atoms with van der Waals surface area (Å²) in [7, 11) is -2.39. The maximum atomic E-state index is 16.0. The van der Waals surface area contributed by atoms with Crippen LogP contribution in [-0.2, 0) is 0 Å². The highest BCUT2D eigenvalue weighted by Gasteiger charge is 2.47. The molecule has 0 bridgehead atoms. The third kappa shape index (κ3) is 2.99. The zero-order chi connectivity index (χ0) is 15.1. The average molecular weight is 284 g/mol. The van der Waals surface area contributed by atoms with Gasteiger partial charge in [-0.15, -0.1) is 0 Å². The fourth-order valence-electron chi connectivity index (χ4n) is 2.67. The molecule has 0 aromatic heterocycles. The molecule has 0 aliphatic carbocycles. The lowest BCUT2D eigenvalue weighted by Gasteiger charge is -2.52. The van der Waals surface area contributed by atoms with E-state index in [1.807, 2.05) is 53.7 Å². The highest BCUT2D eigenvalue weighted by molar-refractivity contribution is 8.31. The van der Waals surface area contributed by atoms with Gasteiger partial charge in [0.05, 0.1) is 0 Å². The Kier molecular flexibility index (Phi) is 4.46. The summed E-state index contributed by atoms with van der Waals surface area (Å²) < 4.78 is 15.2. The number of hydrogen-bond donors (Lipinski definition) is 0. The standard InChI is InChI=1S/C17H29FS/c1-13(2)14-9-11-15(12-10-14)19(18,16(3,4)5)17(6,7)8/h9-13H,1-8H3. The van der Waals surface area contributed by atoms with E-state index in [0.29, 0.717) is 5.92 Å². The third-order valence-electron chi connectivity index (χ3n) is 3.56. The number of benzene rings is 1. The maximum Gasteiger partial charge on any atom is 0.0224 e. The summed E-state index contributed by atoms with van der Waals surface area (Å²) in [6.45, 7) is 16.4. The van der Waals surface area contributed by atoms with Crippen LogP contribution < -0.4 is 0 Å². The Labute approximate surface area is 120 Å². The second-order valence-electron chi connectivity index (χ2n) is 7.49. The van der Waals surface area contributed by atoms with E-state index < -0.39 is 10.4 Å². The fourth-order valence-corrected chi connectivity index (χ4v) is 6.43. The van der Waals surface area contributed by atoms with Gasteiger partial charge >= 0.3 is 0 Å². The zero-order valence-corrected chi connectivity index (χ0v) is 14.5. The number of halogens is 1. The molecule has 1 aromatic carbocycles. The van der Waals surface area contributed by atoms with Gasteiger partial charge in [0.2, 0.25) is 0 Å². The van der Waals surface area contributed by atoms with Gasteiger partial charge in [-0.25, -0.2) is 0 Å². The van der Waals surface area contributed by atoms with E-state index in [1.165, 1.54) is 5.56 Å². The summed E-state index contributed by atoms with van der Waals surface area (Å²) in [5.74, 6) is 0.488. The number of hydrogen-bond acceptors (Lipinski definition) is 0. The molecule has 0 nitrogen and oxygen atoms in total. The largest absolute Gasteiger partial charge is 0.184 e. The van der Waals surface area contributed by atoms with Gasteiger partial charge in [-0.05, 0) is 65.2 Å². The molecule has 1 aromatic rings. The lowest BCUT2D eigenvalue weighted by atomic mass is 10.0. The Morgan fingerprint density at radius 3 is 1.47 bits per heavy atom. The normalized spacial score (nSPS) is 14.8. The van der Waals surface area contributed by atoms with Crippen LogP contribution in [0.5, 0.6) is 0 Å². The molecule has 0 aliphatic heterocycles. The van der Waals surface area contributed by atoms with E-state index in [0.717, 1.165) is 4.90 Å². The van der Waals surface area contributed by atoms with Crippen LogP contribution in [0.15, 0.2) is 29.2 Å². The van der Waals surface area contributed by atoms with Crippen molar-refractivity contribution >= 4 is 10.4 Å². The van der Waals surface area contributed by atoms with Crippen LogP contribution in [0.4, 0.5) is 3.89 Å². The van der Waals surface area contributed by atoms with Crippen molar-refractivity contribution in [2.45, 2.75) is 75.7 Å². The molecule has 2 heteroatoms. The van der Waals surface area contributed by atoms with Gasteiger partial charge in [-0.1, -0.05) is 36.4 Å². The predicted molar refractivity (Wildman–Crippen MR) is 87.0 cm³/mol. The molecule has 0 aliphatic rings. The van der Waals surface area contributed by atoms with Crippen LogP contribution in [0.1, 0.15) is 66.9 Å². The van der Waals surface area contributed by atoms with Crippen LogP contribution >= 0.6 is 10.4 Å². The van der Waals surface area contributed by atoms with Gasteiger partial charge in [-0.2, -0.15) is 3.89 Å². The zero-order valence-electron chi connectivity index (χ0n) is 13.7. The van der Waals surface area contributed by atoms with E-state index in [4.69, 9.17) is 0 Å². The van der Waals surface area contributed by atoms with E-state index in [2.05, 4.69) is 26.0 Å². The molecule has 0 radical (unpaired) electrons. The van der Waals surface area contributed by atoms with Crippen LogP contribution in [-0.4, -0.2) is 9.49 Å². The topological polar surface area (TPSA) is 0 Å². The fraction of sp³-hybridized carbons (Fsp3) is 0.647. The highest BCUT2D eigenvalue weighted by Crippen LogP contribution is 2.73. The van der Waals surface area contributed by atoms with Gasteiger partial charge < -0.3 is 0 Å². The van der Waals surface area contributed by atoms with E-state index in [1.54, 1.807) is 0 Å². The van der Waals surface area contributed by atoms with Crippen LogP contribution in [0.3, 0.4) is 0 Å². The molecular weight excluding hydrogens is 255 g/mol. The molecule has 0 spiro atoms. The Hall–Kier alpha value is -0.500. The Morgan fingerprint density at radius 1 is 0.842 bits per heavy atom. The molecule has 0 heterocycles. The molecule has 0 fully saturated rings. The molecule has 0 amide bonds. The summed E-state index contributed by atoms with van der Waals surface area (Å²) in [6.07, 6.45) is 0. The molecule has 19 heavy (non-hydrogen) atoms. The Bertz CT molecular complexity index is 404. The van der Waals surface area contributed by atoms with Gasteiger partial charge in [0.25, 0.3) is 0 Å². The maximum absolute atomic E-state index is 16.0. The molecule has 1 rings (SSSR count). The summed E-state index contributed by atoms with van der Waals surface area (Å²) in [5, 5.41) is 0. The first-order valence-electron chi connectivity index (χ1n) is 7.03. The van der Waals surface area contributed by atoms with Crippen molar-refractivity contribution in [3.8, 4) is 0 Å². The summed E-state index contributed by atoms with van der Waals surface area (Å²) in [4.78, 5) is 0.872. The molecule has 0 saturated heterocycles. The smallest absolute Gasteiger partial charge is 0.0224 e. The van der Waals surface area contributed by atoms with Gasteiger partial charge in [0.15, 0.2) is 0 Å². The molecule has 0 atom stereocenters. The van der Waals surface area contributed by atoms with Crippen molar-refractivity contribution in [1.82, 2.24) is 0 Å². The monoisotopic (exact) mass is 284 g/mol. The average Bonchev–Trinajstić information content (AvgIpc) is 2.25. The quantitative estimate of drug-likeness (QED) is 0.585. The first kappa shape index (κ1) is 16.6. The minimum Gasteiger partial charge on any atom is -0.184 e. The van der Waals surface area contributed by atoms with Crippen LogP contribution in [0.25, 0.3) is 0 Å². The lowest BCUT2D eigenvalue weighted by Crippen LogP contribution is -2.35. The minimum absolute atomic E-state index is 0.357. The summed E-state index contributed by atoms with van der Waals surface area (Å²) >= 11 is 0. The van der Waals surface area contributed by atoms with Crippen molar-refractivity contribution in [3.05, 3.63) is 29.8 Å². The van der Waals surface area contributed by atoms with Crippen LogP contribution in [0.2, 0.25) is 0 Å². The van der Waals surface area contributed by atoms with Crippen molar-refractivity contribution in [3.63, 3.8) is 0 Å². The summed E-state index contributed by atoms with van der Waals surface area (Å²) in [5.41, 5.74) is 1.27. The molecule has 110 valence electrons. The SMILES string of the molecule is CC(C)c1ccc(S(F)(C(C)(C)C)C(C)(C)C)cc1. The third-order valence-corrected chi connectivity index (χ3v) is 7.86. The van der Waals surface area contributed by atoms with E-state index >= 15 is 3.89 Å². The first-order valence-corrected chi connectivity index (χ1v) is 8.56. The molecule has 0 saturated carbocycles. The molecule has 0 unspecified atom stereocenters.